The van der Waals surface area contributed by atoms with E-state index in [1.807, 2.05) is 12.2 Å². The summed E-state index contributed by atoms with van der Waals surface area (Å²) in [6.07, 6.45) is 10.0. The Morgan fingerprint density at radius 3 is 1.65 bits per heavy atom. The van der Waals surface area contributed by atoms with Crippen LogP contribution in [0.15, 0.2) is 21.6 Å². The van der Waals surface area contributed by atoms with Gasteiger partial charge >= 0.3 is 50.5 Å². The summed E-state index contributed by atoms with van der Waals surface area (Å²) in [5, 5.41) is 17.9. The zero-order valence-corrected chi connectivity index (χ0v) is 13.8. The molecule has 0 fully saturated rings. The first-order valence-electron chi connectivity index (χ1n) is 5.63. The number of nitrogens with zero attached hydrogens (tertiary/aromatic N) is 1. The summed E-state index contributed by atoms with van der Waals surface area (Å²) >= 11 is 1.52. The van der Waals surface area contributed by atoms with Gasteiger partial charge in [0.15, 0.2) is 0 Å². The Labute approximate surface area is 118 Å². The van der Waals surface area contributed by atoms with Gasteiger partial charge < -0.3 is 10.2 Å². The van der Waals surface area contributed by atoms with Gasteiger partial charge in [-0.25, -0.2) is 12.2 Å². The Hall–Kier alpha value is -0.0597. The molecule has 0 atom stereocenters. The van der Waals surface area contributed by atoms with Crippen LogP contribution in [0.5, 0.6) is 0 Å². The maximum absolute atomic E-state index is 8.93. The molecule has 1 rings (SSSR count). The summed E-state index contributed by atoms with van der Waals surface area (Å²) in [7, 11) is 0. The second-order valence-electron chi connectivity index (χ2n) is 3.85. The minimum absolute atomic E-state index is 0. The number of hydrogen-bond donors (Lipinski definition) is 0. The van der Waals surface area contributed by atoms with Crippen molar-refractivity contribution in [3.05, 3.63) is 24.3 Å². The van der Waals surface area contributed by atoms with E-state index in [1.165, 1.54) is 20.9 Å². The largest absolute Gasteiger partial charge is 0.855 e. The molecule has 0 bridgehead atoms. The molecule has 0 unspecified atom stereocenters. The fourth-order valence-corrected chi connectivity index (χ4v) is 0.340. The van der Waals surface area contributed by atoms with Crippen molar-refractivity contribution in [3.63, 3.8) is 0 Å². The van der Waals surface area contributed by atoms with Gasteiger partial charge in [0, 0.05) is 0 Å². The molecule has 0 aliphatic heterocycles. The smallest absolute Gasteiger partial charge is 0.0809 e. The fraction of sp³-hybridized carbons (Fsp3) is 0.692. The minimum atomic E-state index is 0. The normalized spacial score (nSPS) is 11.2. The number of rotatable bonds is 0. The molecular formula is C13H24NNbO2-3. The van der Waals surface area contributed by atoms with E-state index in [0.717, 1.165) is 6.42 Å². The summed E-state index contributed by atoms with van der Waals surface area (Å²) in [4.78, 5) is 0. The molecule has 1 aliphatic carbocycles. The Morgan fingerprint density at radius 1 is 1.24 bits per heavy atom. The fourth-order valence-electron chi connectivity index (χ4n) is 0.340. The molecule has 4 heteroatoms. The predicted molar refractivity (Wildman–Crippen MR) is 64.8 cm³/mol. The average molecular weight is 319 g/mol. The second kappa shape index (κ2) is 18.3. The molecule has 0 radical (unpaired) electrons. The van der Waals surface area contributed by atoms with Crippen molar-refractivity contribution in [1.82, 2.24) is 0 Å². The predicted octanol–water partition coefficient (Wildman–Crippen LogP) is 1.55. The van der Waals surface area contributed by atoms with Crippen LogP contribution in [0, 0.1) is 6.08 Å². The van der Waals surface area contributed by atoms with E-state index in [1.54, 1.807) is 13.8 Å². The molecule has 0 amide bonds. The van der Waals surface area contributed by atoms with E-state index in [0.29, 0.717) is 0 Å². The van der Waals surface area contributed by atoms with Crippen LogP contribution in [0.4, 0.5) is 0 Å². The molecular weight excluding hydrogens is 295 g/mol. The van der Waals surface area contributed by atoms with Crippen LogP contribution >= 0.6 is 0 Å². The SMILES string of the molecule is CC(C)(C)[N]=[Nb].CC[O-].CC[O-].[C-]1=CC=CC1. The van der Waals surface area contributed by atoms with Gasteiger partial charge in [0.1, 0.15) is 0 Å². The van der Waals surface area contributed by atoms with Crippen molar-refractivity contribution in [3.8, 4) is 0 Å². The molecule has 0 aromatic heterocycles. The van der Waals surface area contributed by atoms with E-state index in [-0.39, 0.29) is 18.8 Å². The van der Waals surface area contributed by atoms with Gasteiger partial charge in [0.25, 0.3) is 0 Å². The van der Waals surface area contributed by atoms with Crippen LogP contribution in [0.2, 0.25) is 0 Å². The third-order valence-electron chi connectivity index (χ3n) is 0.886. The average Bonchev–Trinajstić information content (AvgIpc) is 2.77. The molecule has 0 spiro atoms. The van der Waals surface area contributed by atoms with Crippen molar-refractivity contribution in [1.29, 1.82) is 0 Å². The van der Waals surface area contributed by atoms with E-state index in [9.17, 15) is 0 Å². The quantitative estimate of drug-likeness (QED) is 0.502. The van der Waals surface area contributed by atoms with Gasteiger partial charge in [-0.3, -0.25) is 6.08 Å². The third-order valence-corrected chi connectivity index (χ3v) is 2.36. The monoisotopic (exact) mass is 319 g/mol. The minimum Gasteiger partial charge on any atom is -0.855 e. The molecule has 0 aromatic rings. The zero-order valence-electron chi connectivity index (χ0n) is 11.6. The van der Waals surface area contributed by atoms with Crippen LogP contribution in [-0.2, 0) is 20.9 Å². The molecule has 0 saturated carbocycles. The number of allylic oxidation sites excluding steroid dienone is 4. The maximum Gasteiger partial charge on any atom is -0.0809 e. The first kappa shape index (κ1) is 22.1. The first-order chi connectivity index (χ1) is 7.89. The van der Waals surface area contributed by atoms with Crippen molar-refractivity contribution in [2.75, 3.05) is 13.2 Å². The van der Waals surface area contributed by atoms with Crippen LogP contribution < -0.4 is 10.2 Å². The molecule has 0 saturated heterocycles. The second-order valence-corrected chi connectivity index (χ2v) is 4.34. The van der Waals surface area contributed by atoms with Crippen molar-refractivity contribution < 1.29 is 31.1 Å². The van der Waals surface area contributed by atoms with Gasteiger partial charge in [0.05, 0.1) is 0 Å². The van der Waals surface area contributed by atoms with Gasteiger partial charge in [-0.2, -0.15) is 6.08 Å². The number of hydrogen-bond acceptors (Lipinski definition) is 3. The van der Waals surface area contributed by atoms with Gasteiger partial charge in [0.2, 0.25) is 0 Å². The summed E-state index contributed by atoms with van der Waals surface area (Å²) in [5.74, 6) is 0. The molecule has 1 aliphatic rings. The van der Waals surface area contributed by atoms with Crippen molar-refractivity contribution in [2.24, 2.45) is 3.34 Å². The van der Waals surface area contributed by atoms with Gasteiger partial charge in [-0.1, -0.05) is 13.8 Å². The van der Waals surface area contributed by atoms with E-state index in [2.05, 4.69) is 36.3 Å². The summed E-state index contributed by atoms with van der Waals surface area (Å²) < 4.78 is 4.07. The van der Waals surface area contributed by atoms with Crippen LogP contribution in [0.25, 0.3) is 0 Å². The van der Waals surface area contributed by atoms with E-state index in [4.69, 9.17) is 10.2 Å². The summed E-state index contributed by atoms with van der Waals surface area (Å²) in [6.45, 7) is 9.41. The van der Waals surface area contributed by atoms with E-state index >= 15 is 0 Å². The third kappa shape index (κ3) is 49.1. The Bertz CT molecular complexity index is 184. The van der Waals surface area contributed by atoms with E-state index < -0.39 is 0 Å². The molecule has 0 heterocycles. The molecule has 101 valence electrons. The molecule has 17 heavy (non-hydrogen) atoms. The topological polar surface area (TPSA) is 58.5 Å². The summed E-state index contributed by atoms with van der Waals surface area (Å²) in [5.41, 5.74) is 0.189. The van der Waals surface area contributed by atoms with Gasteiger partial charge in [-0.15, -0.1) is 19.6 Å². The van der Waals surface area contributed by atoms with Gasteiger partial charge in [-0.05, 0) is 0 Å². The van der Waals surface area contributed by atoms with Crippen molar-refractivity contribution in [2.45, 2.75) is 46.6 Å². The Morgan fingerprint density at radius 2 is 1.59 bits per heavy atom. The maximum atomic E-state index is 8.93. The van der Waals surface area contributed by atoms with Crippen LogP contribution in [-0.4, -0.2) is 18.8 Å². The molecule has 0 aromatic carbocycles. The molecule has 3 nitrogen and oxygen atoms in total. The molecule has 0 N–H and O–H groups in total. The Kier molecular flexibility index (Phi) is 23.9. The first-order valence-corrected chi connectivity index (χ1v) is 6.62. The van der Waals surface area contributed by atoms with Crippen molar-refractivity contribution >= 4 is 0 Å². The summed E-state index contributed by atoms with van der Waals surface area (Å²) in [6, 6.07) is 0. The standard InChI is InChI=1S/C5H5.C4H9N.2C2H5O.Nb/c1-2-4-5-3-1;1-4(2,3)5;2*1-2-3;/h1-3H,4H2;1-3H3;2*2H2,1H3;/q-1;;2*-1;. The van der Waals surface area contributed by atoms with Crippen LogP contribution in [0.1, 0.15) is 41.0 Å². The zero-order chi connectivity index (χ0) is 14.2. The van der Waals surface area contributed by atoms with Crippen LogP contribution in [0.3, 0.4) is 0 Å². The Balaban J connectivity index is -0.000000162.